The Kier molecular flexibility index (Phi) is 7.01. The van der Waals surface area contributed by atoms with E-state index in [2.05, 4.69) is 43.5 Å². The standard InChI is InChI=1S/C23H23Br2N3O3/c1-6-9-31-20-12-17(25)14(10-19(20)30-5)13-26-28-21(29)16-11-15(24)7-8-18(16)27-22(28)23(2,3)4/h6-8,10-13H,1,9H2,2-5H3. The van der Waals surface area contributed by atoms with Crippen molar-refractivity contribution in [3.63, 3.8) is 0 Å². The van der Waals surface area contributed by atoms with Crippen molar-refractivity contribution in [2.45, 2.75) is 26.2 Å². The van der Waals surface area contributed by atoms with E-state index in [1.165, 1.54) is 4.68 Å². The lowest BCUT2D eigenvalue weighted by atomic mass is 9.95. The molecule has 0 aliphatic carbocycles. The van der Waals surface area contributed by atoms with Crippen LogP contribution in [0.5, 0.6) is 11.5 Å². The monoisotopic (exact) mass is 547 g/mol. The SMILES string of the molecule is C=CCOc1cc(Br)c(C=Nn2c(C(C)(C)C)nc3ccc(Br)cc3c2=O)cc1OC. The minimum absolute atomic E-state index is 0.235. The third-order valence-electron chi connectivity index (χ3n) is 4.43. The molecule has 0 bridgehead atoms. The van der Waals surface area contributed by atoms with Gasteiger partial charge in [0.05, 0.1) is 24.2 Å². The molecule has 0 unspecified atom stereocenters. The fourth-order valence-corrected chi connectivity index (χ4v) is 3.72. The Morgan fingerprint density at radius 2 is 1.94 bits per heavy atom. The van der Waals surface area contributed by atoms with Crippen LogP contribution in [-0.4, -0.2) is 29.6 Å². The first-order valence-electron chi connectivity index (χ1n) is 9.54. The fourth-order valence-electron chi connectivity index (χ4n) is 2.93. The van der Waals surface area contributed by atoms with Crippen molar-refractivity contribution < 1.29 is 9.47 Å². The number of benzene rings is 2. The van der Waals surface area contributed by atoms with Gasteiger partial charge in [0.25, 0.3) is 5.56 Å². The molecule has 0 amide bonds. The van der Waals surface area contributed by atoms with E-state index in [1.54, 1.807) is 37.6 Å². The third kappa shape index (κ3) is 5.07. The summed E-state index contributed by atoms with van der Waals surface area (Å²) in [6.45, 7) is 10.0. The summed E-state index contributed by atoms with van der Waals surface area (Å²) in [5.74, 6) is 1.70. The van der Waals surface area contributed by atoms with Gasteiger partial charge in [-0.25, -0.2) is 4.98 Å². The zero-order valence-corrected chi connectivity index (χ0v) is 20.9. The van der Waals surface area contributed by atoms with E-state index in [-0.39, 0.29) is 5.56 Å². The number of fused-ring (bicyclic) bond motifs is 1. The first-order chi connectivity index (χ1) is 14.7. The molecule has 2 aromatic carbocycles. The van der Waals surface area contributed by atoms with Crippen molar-refractivity contribution in [2.75, 3.05) is 13.7 Å². The summed E-state index contributed by atoms with van der Waals surface area (Å²) >= 11 is 6.96. The van der Waals surface area contributed by atoms with Crippen molar-refractivity contribution >= 4 is 49.0 Å². The van der Waals surface area contributed by atoms with Crippen LogP contribution in [0.2, 0.25) is 0 Å². The molecular formula is C23H23Br2N3O3. The highest BCUT2D eigenvalue weighted by Gasteiger charge is 2.23. The van der Waals surface area contributed by atoms with Gasteiger partial charge in [-0.1, -0.05) is 49.4 Å². The second kappa shape index (κ2) is 9.36. The highest BCUT2D eigenvalue weighted by molar-refractivity contribution is 9.10. The topological polar surface area (TPSA) is 65.7 Å². The van der Waals surface area contributed by atoms with Crippen LogP contribution in [0.25, 0.3) is 10.9 Å². The van der Waals surface area contributed by atoms with Crippen LogP contribution in [0, 0.1) is 0 Å². The van der Waals surface area contributed by atoms with Gasteiger partial charge < -0.3 is 9.47 Å². The maximum Gasteiger partial charge on any atom is 0.282 e. The summed E-state index contributed by atoms with van der Waals surface area (Å²) in [6, 6.07) is 9.04. The van der Waals surface area contributed by atoms with Crippen LogP contribution in [0.1, 0.15) is 32.2 Å². The van der Waals surface area contributed by atoms with E-state index in [4.69, 9.17) is 14.5 Å². The van der Waals surface area contributed by atoms with Gasteiger partial charge in [0.15, 0.2) is 11.5 Å². The number of hydrogen-bond acceptors (Lipinski definition) is 5. The van der Waals surface area contributed by atoms with Gasteiger partial charge in [0.2, 0.25) is 0 Å². The van der Waals surface area contributed by atoms with Gasteiger partial charge in [0, 0.05) is 19.9 Å². The highest BCUT2D eigenvalue weighted by atomic mass is 79.9. The second-order valence-electron chi connectivity index (χ2n) is 7.83. The summed E-state index contributed by atoms with van der Waals surface area (Å²) in [6.07, 6.45) is 3.26. The third-order valence-corrected chi connectivity index (χ3v) is 5.61. The van der Waals surface area contributed by atoms with E-state index in [1.807, 2.05) is 32.9 Å². The van der Waals surface area contributed by atoms with Gasteiger partial charge in [-0.3, -0.25) is 4.79 Å². The van der Waals surface area contributed by atoms with E-state index in [0.717, 1.165) is 14.5 Å². The molecule has 0 aliphatic rings. The van der Waals surface area contributed by atoms with Crippen molar-refractivity contribution in [3.8, 4) is 11.5 Å². The lowest BCUT2D eigenvalue weighted by Crippen LogP contribution is -2.29. The summed E-state index contributed by atoms with van der Waals surface area (Å²) < 4.78 is 14.0. The molecule has 0 N–H and O–H groups in total. The van der Waals surface area contributed by atoms with Crippen LogP contribution in [0.15, 0.2) is 61.8 Å². The van der Waals surface area contributed by atoms with Crippen molar-refractivity contribution in [1.29, 1.82) is 0 Å². The normalized spacial score (nSPS) is 11.8. The van der Waals surface area contributed by atoms with Gasteiger partial charge in [0.1, 0.15) is 12.4 Å². The molecule has 3 rings (SSSR count). The minimum Gasteiger partial charge on any atom is -0.493 e. The number of aromatic nitrogens is 2. The van der Waals surface area contributed by atoms with Crippen LogP contribution >= 0.6 is 31.9 Å². The van der Waals surface area contributed by atoms with E-state index in [9.17, 15) is 4.79 Å². The van der Waals surface area contributed by atoms with Crippen LogP contribution in [0.3, 0.4) is 0 Å². The van der Waals surface area contributed by atoms with Crippen LogP contribution < -0.4 is 15.0 Å². The smallest absolute Gasteiger partial charge is 0.282 e. The fraction of sp³-hybridized carbons (Fsp3) is 0.261. The molecule has 8 heteroatoms. The molecule has 0 atom stereocenters. The van der Waals surface area contributed by atoms with E-state index in [0.29, 0.717) is 34.8 Å². The lowest BCUT2D eigenvalue weighted by Gasteiger charge is -2.21. The molecule has 31 heavy (non-hydrogen) atoms. The molecule has 6 nitrogen and oxygen atoms in total. The number of ether oxygens (including phenoxy) is 2. The molecule has 0 aliphatic heterocycles. The van der Waals surface area contributed by atoms with Gasteiger partial charge in [-0.15, -0.1) is 0 Å². The first-order valence-corrected chi connectivity index (χ1v) is 11.1. The van der Waals surface area contributed by atoms with Crippen molar-refractivity contribution in [1.82, 2.24) is 9.66 Å². The Labute approximate surface area is 197 Å². The molecular weight excluding hydrogens is 526 g/mol. The molecule has 3 aromatic rings. The molecule has 1 aromatic heterocycles. The predicted molar refractivity (Wildman–Crippen MR) is 132 cm³/mol. The Bertz CT molecular complexity index is 1230. The van der Waals surface area contributed by atoms with Crippen LogP contribution in [-0.2, 0) is 5.41 Å². The predicted octanol–water partition coefficient (Wildman–Crippen LogP) is 5.67. The maximum absolute atomic E-state index is 13.3. The molecule has 0 spiro atoms. The molecule has 0 saturated carbocycles. The number of hydrogen-bond donors (Lipinski definition) is 0. The molecule has 162 valence electrons. The number of nitrogens with zero attached hydrogens (tertiary/aromatic N) is 3. The quantitative estimate of drug-likeness (QED) is 0.294. The average Bonchev–Trinajstić information content (AvgIpc) is 2.72. The zero-order valence-electron chi connectivity index (χ0n) is 17.8. The molecule has 0 fully saturated rings. The van der Waals surface area contributed by atoms with Crippen LogP contribution in [0.4, 0.5) is 0 Å². The van der Waals surface area contributed by atoms with Gasteiger partial charge >= 0.3 is 0 Å². The van der Waals surface area contributed by atoms with Gasteiger partial charge in [-0.2, -0.15) is 9.78 Å². The summed E-state index contributed by atoms with van der Waals surface area (Å²) in [4.78, 5) is 18.0. The number of rotatable bonds is 6. The van der Waals surface area contributed by atoms with E-state index < -0.39 is 5.41 Å². The summed E-state index contributed by atoms with van der Waals surface area (Å²) in [5, 5.41) is 5.00. The van der Waals surface area contributed by atoms with E-state index >= 15 is 0 Å². The summed E-state index contributed by atoms with van der Waals surface area (Å²) in [5.41, 5.74) is 0.733. The lowest BCUT2D eigenvalue weighted by molar-refractivity contribution is 0.326. The number of halogens is 2. The highest BCUT2D eigenvalue weighted by Crippen LogP contribution is 2.33. The minimum atomic E-state index is -0.394. The Balaban J connectivity index is 2.15. The molecule has 0 radical (unpaired) electrons. The number of methoxy groups -OCH3 is 1. The van der Waals surface area contributed by atoms with Crippen molar-refractivity contribution in [2.24, 2.45) is 5.10 Å². The largest absolute Gasteiger partial charge is 0.493 e. The zero-order chi connectivity index (χ0) is 22.8. The summed E-state index contributed by atoms with van der Waals surface area (Å²) in [7, 11) is 1.57. The van der Waals surface area contributed by atoms with Gasteiger partial charge in [-0.05, 0) is 46.3 Å². The Hall–Kier alpha value is -2.45. The molecule has 1 heterocycles. The Morgan fingerprint density at radius 1 is 1.19 bits per heavy atom. The first kappa shape index (κ1) is 23.2. The molecule has 0 saturated heterocycles. The average molecular weight is 549 g/mol. The second-order valence-corrected chi connectivity index (χ2v) is 9.60. The Morgan fingerprint density at radius 3 is 2.58 bits per heavy atom. The maximum atomic E-state index is 13.3. The van der Waals surface area contributed by atoms with Crippen molar-refractivity contribution in [3.05, 3.63) is 73.7 Å².